The van der Waals surface area contributed by atoms with Crippen LogP contribution >= 0.6 is 24.0 Å². The van der Waals surface area contributed by atoms with Crippen LogP contribution < -0.4 is 4.90 Å². The second-order valence-corrected chi connectivity index (χ2v) is 4.76. The lowest BCUT2D eigenvalue weighted by atomic mass is 10.2. The summed E-state index contributed by atoms with van der Waals surface area (Å²) >= 11 is 6.58. The van der Waals surface area contributed by atoms with Gasteiger partial charge in [0.25, 0.3) is 0 Å². The molecule has 1 aromatic rings. The molecule has 0 aliphatic carbocycles. The lowest BCUT2D eigenvalue weighted by molar-refractivity contribution is -0.135. The Balaban J connectivity index is 2.42. The van der Waals surface area contributed by atoms with Gasteiger partial charge in [0, 0.05) is 10.6 Å². The summed E-state index contributed by atoms with van der Waals surface area (Å²) in [6, 6.07) is 4.32. The highest BCUT2D eigenvalue weighted by molar-refractivity contribution is 8.01. The van der Waals surface area contributed by atoms with Gasteiger partial charge in [0.2, 0.25) is 0 Å². The van der Waals surface area contributed by atoms with Crippen molar-refractivity contribution in [2.45, 2.75) is 4.90 Å². The van der Waals surface area contributed by atoms with E-state index >= 15 is 0 Å². The summed E-state index contributed by atoms with van der Waals surface area (Å²) in [6.45, 7) is -0.226. The van der Waals surface area contributed by atoms with E-state index in [1.54, 1.807) is 6.07 Å². The molecule has 1 N–H and O–H groups in total. The fourth-order valence-electron chi connectivity index (χ4n) is 1.48. The van der Waals surface area contributed by atoms with Crippen LogP contribution in [0.25, 0.3) is 0 Å². The minimum atomic E-state index is -0.982. The van der Waals surface area contributed by atoms with Crippen LogP contribution in [0.1, 0.15) is 0 Å². The molecule has 0 bridgehead atoms. The van der Waals surface area contributed by atoms with Gasteiger partial charge in [-0.3, -0.25) is 4.79 Å². The molecule has 0 fully saturated rings. The molecule has 0 aromatic heterocycles. The molecule has 1 heterocycles. The molecule has 6 heteroatoms. The molecule has 1 aliphatic rings. The molecule has 0 spiro atoms. The van der Waals surface area contributed by atoms with Crippen molar-refractivity contribution in [2.24, 2.45) is 0 Å². The zero-order chi connectivity index (χ0) is 11.7. The van der Waals surface area contributed by atoms with Gasteiger partial charge in [-0.2, -0.15) is 0 Å². The number of hydrogen-bond donors (Lipinski definition) is 1. The Morgan fingerprint density at radius 3 is 3.06 bits per heavy atom. The number of carboxylic acids is 1. The number of thioether (sulfide) groups is 1. The smallest absolute Gasteiger partial charge is 0.323 e. The average Bonchev–Trinajstić information content (AvgIpc) is 2.22. The molecule has 84 valence electrons. The molecule has 0 unspecified atom stereocenters. The van der Waals surface area contributed by atoms with E-state index in [0.29, 0.717) is 16.4 Å². The third kappa shape index (κ3) is 2.17. The normalized spacial score (nSPS) is 14.8. The van der Waals surface area contributed by atoms with E-state index in [1.165, 1.54) is 28.8 Å². The van der Waals surface area contributed by atoms with Crippen molar-refractivity contribution in [3.05, 3.63) is 24.0 Å². The fraction of sp³-hybridized carbons (Fsp3) is 0.200. The first kappa shape index (κ1) is 11.3. The minimum absolute atomic E-state index is 0.226. The third-order valence-corrected chi connectivity index (χ3v) is 3.78. The van der Waals surface area contributed by atoms with Gasteiger partial charge in [-0.15, -0.1) is 11.8 Å². The number of halogens is 1. The second-order valence-electron chi connectivity index (χ2n) is 3.27. The van der Waals surface area contributed by atoms with Crippen LogP contribution in [0.4, 0.5) is 10.1 Å². The molecule has 0 radical (unpaired) electrons. The topological polar surface area (TPSA) is 40.5 Å². The first-order valence-electron chi connectivity index (χ1n) is 4.52. The number of benzene rings is 1. The molecule has 0 atom stereocenters. The Morgan fingerprint density at radius 1 is 1.62 bits per heavy atom. The molecule has 3 nitrogen and oxygen atoms in total. The number of carbonyl (C=O) groups is 1. The van der Waals surface area contributed by atoms with E-state index in [2.05, 4.69) is 0 Å². The third-order valence-electron chi connectivity index (χ3n) is 2.16. The number of nitrogens with zero attached hydrogens (tertiary/aromatic N) is 1. The van der Waals surface area contributed by atoms with Gasteiger partial charge in [0.1, 0.15) is 12.4 Å². The first-order chi connectivity index (χ1) is 7.58. The number of aliphatic carboxylic acids is 1. The molecule has 16 heavy (non-hydrogen) atoms. The Labute approximate surface area is 101 Å². The molecule has 0 saturated heterocycles. The van der Waals surface area contributed by atoms with Gasteiger partial charge >= 0.3 is 5.97 Å². The summed E-state index contributed by atoms with van der Waals surface area (Å²) in [7, 11) is 0. The standard InChI is InChI=1S/C10H8FNO2S2/c11-6-1-2-8-7(3-6)12(4-10(13)14)9(15)5-16-8/h1-3H,4-5H2,(H,13,14). The molecule has 0 amide bonds. The maximum Gasteiger partial charge on any atom is 0.323 e. The number of anilines is 1. The van der Waals surface area contributed by atoms with Gasteiger partial charge in [-0.25, -0.2) is 4.39 Å². The van der Waals surface area contributed by atoms with Crippen molar-refractivity contribution in [2.75, 3.05) is 17.2 Å². The van der Waals surface area contributed by atoms with Gasteiger partial charge in [0.15, 0.2) is 0 Å². The molecule has 1 aliphatic heterocycles. The van der Waals surface area contributed by atoms with Crippen LogP contribution in [0.5, 0.6) is 0 Å². The van der Waals surface area contributed by atoms with E-state index in [9.17, 15) is 9.18 Å². The Bertz CT molecular complexity index is 464. The number of fused-ring (bicyclic) bond motifs is 1. The number of carboxylic acid groups (broad SMARTS) is 1. The van der Waals surface area contributed by atoms with E-state index in [1.807, 2.05) is 0 Å². The van der Waals surface area contributed by atoms with E-state index in [-0.39, 0.29) is 12.4 Å². The largest absolute Gasteiger partial charge is 0.480 e. The summed E-state index contributed by atoms with van der Waals surface area (Å²) < 4.78 is 13.1. The van der Waals surface area contributed by atoms with E-state index in [0.717, 1.165) is 4.90 Å². The highest BCUT2D eigenvalue weighted by Gasteiger charge is 2.24. The average molecular weight is 257 g/mol. The van der Waals surface area contributed by atoms with Gasteiger partial charge in [-0.05, 0) is 18.2 Å². The summed E-state index contributed by atoms with van der Waals surface area (Å²) in [6.07, 6.45) is 0. The molecular formula is C10H8FNO2S2. The van der Waals surface area contributed by atoms with E-state index < -0.39 is 5.97 Å². The van der Waals surface area contributed by atoms with Crippen molar-refractivity contribution in [1.29, 1.82) is 0 Å². The maximum atomic E-state index is 13.1. The van der Waals surface area contributed by atoms with Crippen LogP contribution in [0.3, 0.4) is 0 Å². The first-order valence-corrected chi connectivity index (χ1v) is 5.92. The SMILES string of the molecule is O=C(O)CN1C(=S)CSc2ccc(F)cc21. The van der Waals surface area contributed by atoms with Crippen LogP contribution in [0.2, 0.25) is 0 Å². The molecular weight excluding hydrogens is 249 g/mol. The number of rotatable bonds is 2. The predicted octanol–water partition coefficient (Wildman–Crippen LogP) is 2.15. The van der Waals surface area contributed by atoms with E-state index in [4.69, 9.17) is 17.3 Å². The Kier molecular flexibility index (Phi) is 3.11. The second kappa shape index (κ2) is 4.39. The Hall–Kier alpha value is -1.14. The maximum absolute atomic E-state index is 13.1. The number of thiocarbonyl (C=S) groups is 1. The van der Waals surface area contributed by atoms with Crippen molar-refractivity contribution >= 4 is 40.6 Å². The summed E-state index contributed by atoms with van der Waals surface area (Å²) in [4.78, 5) is 13.5. The van der Waals surface area contributed by atoms with Crippen LogP contribution in [-0.4, -0.2) is 28.4 Å². The van der Waals surface area contributed by atoms with Gasteiger partial charge < -0.3 is 10.0 Å². The quantitative estimate of drug-likeness (QED) is 0.822. The molecule has 0 saturated carbocycles. The van der Waals surface area contributed by atoms with Crippen LogP contribution in [-0.2, 0) is 4.79 Å². The number of hydrogen-bond acceptors (Lipinski definition) is 3. The zero-order valence-corrected chi connectivity index (χ0v) is 9.78. The zero-order valence-electron chi connectivity index (χ0n) is 8.14. The van der Waals surface area contributed by atoms with Crippen molar-refractivity contribution in [3.8, 4) is 0 Å². The van der Waals surface area contributed by atoms with Crippen molar-refractivity contribution in [1.82, 2.24) is 0 Å². The minimum Gasteiger partial charge on any atom is -0.480 e. The molecule has 1 aromatic carbocycles. The van der Waals surface area contributed by atoms with Gasteiger partial charge in [-0.1, -0.05) is 12.2 Å². The lowest BCUT2D eigenvalue weighted by Gasteiger charge is -2.29. The monoisotopic (exact) mass is 257 g/mol. The fourth-order valence-corrected chi connectivity index (χ4v) is 2.74. The van der Waals surface area contributed by atoms with Crippen molar-refractivity contribution in [3.63, 3.8) is 0 Å². The highest BCUT2D eigenvalue weighted by Crippen LogP contribution is 2.35. The Morgan fingerprint density at radius 2 is 2.38 bits per heavy atom. The van der Waals surface area contributed by atoms with Crippen molar-refractivity contribution < 1.29 is 14.3 Å². The molecule has 2 rings (SSSR count). The summed E-state index contributed by atoms with van der Waals surface area (Å²) in [5.41, 5.74) is 0.545. The lowest BCUT2D eigenvalue weighted by Crippen LogP contribution is -2.38. The predicted molar refractivity (Wildman–Crippen MR) is 64.7 cm³/mol. The highest BCUT2D eigenvalue weighted by atomic mass is 32.2. The van der Waals surface area contributed by atoms with Gasteiger partial charge in [0.05, 0.1) is 10.7 Å². The van der Waals surface area contributed by atoms with Crippen LogP contribution in [0, 0.1) is 5.82 Å². The summed E-state index contributed by atoms with van der Waals surface area (Å²) in [5.74, 6) is -0.815. The van der Waals surface area contributed by atoms with Crippen LogP contribution in [0.15, 0.2) is 23.1 Å². The summed E-state index contributed by atoms with van der Waals surface area (Å²) in [5, 5.41) is 8.78.